The maximum Gasteiger partial charge on any atom is 0.237 e. The molecule has 0 aliphatic carbocycles. The number of hydrogen-bond acceptors (Lipinski definition) is 4. The Hall–Kier alpha value is -2.64. The number of nitrogens with zero attached hydrogens (tertiary/aromatic N) is 3. The van der Waals surface area contributed by atoms with Crippen LogP contribution in [0.1, 0.15) is 6.92 Å². The topological polar surface area (TPSA) is 59.8 Å². The number of aromatic nitrogens is 3. The number of allylic oxidation sites excluding steroid dienone is 1. The van der Waals surface area contributed by atoms with Crippen LogP contribution in [0.5, 0.6) is 0 Å². The minimum atomic E-state index is -0.475. The van der Waals surface area contributed by atoms with Crippen LogP contribution >= 0.6 is 23.4 Å². The summed E-state index contributed by atoms with van der Waals surface area (Å²) in [6.07, 6.45) is 1.75. The Morgan fingerprint density at radius 2 is 2.07 bits per heavy atom. The monoisotopic (exact) mass is 416 g/mol. The molecule has 1 amide bonds. The lowest BCUT2D eigenvalue weighted by molar-refractivity contribution is -0.115. The quantitative estimate of drug-likeness (QED) is 0.433. The molecule has 3 rings (SSSR count). The zero-order chi connectivity index (χ0) is 20.1. The third-order valence-corrected chi connectivity index (χ3v) is 5.29. The van der Waals surface area contributed by atoms with Crippen molar-refractivity contribution in [2.24, 2.45) is 0 Å². The summed E-state index contributed by atoms with van der Waals surface area (Å²) in [5, 5.41) is 11.5. The Kier molecular flexibility index (Phi) is 6.49. The average Bonchev–Trinajstić information content (AvgIpc) is 3.07. The third-order valence-electron chi connectivity index (χ3n) is 3.90. The molecule has 0 saturated heterocycles. The summed E-state index contributed by atoms with van der Waals surface area (Å²) in [6, 6.07) is 13.5. The molecule has 1 N–H and O–H groups in total. The highest BCUT2D eigenvalue weighted by Crippen LogP contribution is 2.28. The largest absolute Gasteiger partial charge is 0.324 e. The normalized spacial score (nSPS) is 11.8. The molecule has 0 fully saturated rings. The van der Waals surface area contributed by atoms with Gasteiger partial charge in [-0.3, -0.25) is 9.36 Å². The van der Waals surface area contributed by atoms with E-state index in [2.05, 4.69) is 22.1 Å². The zero-order valence-electron chi connectivity index (χ0n) is 15.1. The molecule has 0 aliphatic heterocycles. The van der Waals surface area contributed by atoms with Gasteiger partial charge in [-0.25, -0.2) is 4.39 Å². The lowest BCUT2D eigenvalue weighted by Crippen LogP contribution is -2.23. The molecule has 5 nitrogen and oxygen atoms in total. The summed E-state index contributed by atoms with van der Waals surface area (Å²) in [6.45, 7) is 6.06. The summed E-state index contributed by atoms with van der Waals surface area (Å²) >= 11 is 7.25. The summed E-state index contributed by atoms with van der Waals surface area (Å²) in [7, 11) is 0. The fourth-order valence-corrected chi connectivity index (χ4v) is 3.58. The van der Waals surface area contributed by atoms with Gasteiger partial charge >= 0.3 is 0 Å². The maximum absolute atomic E-state index is 13.2. The van der Waals surface area contributed by atoms with E-state index in [1.807, 2.05) is 34.9 Å². The van der Waals surface area contributed by atoms with Gasteiger partial charge in [0.25, 0.3) is 0 Å². The number of halogens is 2. The van der Waals surface area contributed by atoms with Gasteiger partial charge < -0.3 is 5.32 Å². The van der Waals surface area contributed by atoms with E-state index in [9.17, 15) is 9.18 Å². The Morgan fingerprint density at radius 3 is 2.75 bits per heavy atom. The first-order valence-electron chi connectivity index (χ1n) is 8.51. The first kappa shape index (κ1) is 20.1. The molecule has 2 aromatic carbocycles. The molecule has 144 valence electrons. The van der Waals surface area contributed by atoms with Gasteiger partial charge in [0.05, 0.1) is 16.0 Å². The predicted octanol–water partition coefficient (Wildman–Crippen LogP) is 5.04. The first-order valence-corrected chi connectivity index (χ1v) is 9.77. The van der Waals surface area contributed by atoms with E-state index in [0.717, 1.165) is 11.6 Å². The van der Waals surface area contributed by atoms with Crippen molar-refractivity contribution in [3.63, 3.8) is 0 Å². The number of nitrogens with one attached hydrogen (secondary N) is 1. The van der Waals surface area contributed by atoms with E-state index in [1.165, 1.54) is 23.9 Å². The summed E-state index contributed by atoms with van der Waals surface area (Å²) in [4.78, 5) is 12.5. The molecule has 1 aromatic heterocycles. The van der Waals surface area contributed by atoms with E-state index in [1.54, 1.807) is 13.0 Å². The number of rotatable bonds is 7. The Labute approximate surface area is 171 Å². The van der Waals surface area contributed by atoms with Crippen LogP contribution in [0.3, 0.4) is 0 Å². The smallest absolute Gasteiger partial charge is 0.237 e. The van der Waals surface area contributed by atoms with Gasteiger partial charge in [-0.15, -0.1) is 16.8 Å². The molecule has 28 heavy (non-hydrogen) atoms. The number of carbonyl (C=O) groups excluding carboxylic acids is 1. The number of anilines is 1. The van der Waals surface area contributed by atoms with Gasteiger partial charge in [0.2, 0.25) is 5.91 Å². The van der Waals surface area contributed by atoms with Gasteiger partial charge in [-0.1, -0.05) is 59.8 Å². The molecular formula is C20H18ClFN4OS. The van der Waals surface area contributed by atoms with Gasteiger partial charge in [-0.05, 0) is 25.1 Å². The minimum absolute atomic E-state index is 0.145. The molecule has 0 spiro atoms. The number of thioether (sulfide) groups is 1. The number of hydrogen-bond donors (Lipinski definition) is 1. The molecule has 0 bridgehead atoms. The summed E-state index contributed by atoms with van der Waals surface area (Å²) in [5.74, 6) is -0.0264. The lowest BCUT2D eigenvalue weighted by atomic mass is 10.2. The maximum atomic E-state index is 13.2. The van der Waals surface area contributed by atoms with Crippen LogP contribution in [-0.4, -0.2) is 25.9 Å². The molecule has 3 aromatic rings. The summed E-state index contributed by atoms with van der Waals surface area (Å²) in [5.41, 5.74) is 1.29. The van der Waals surface area contributed by atoms with Crippen LogP contribution in [0.4, 0.5) is 10.1 Å². The van der Waals surface area contributed by atoms with Crippen molar-refractivity contribution in [1.82, 2.24) is 14.8 Å². The van der Waals surface area contributed by atoms with Crippen molar-refractivity contribution in [3.8, 4) is 11.4 Å². The van der Waals surface area contributed by atoms with Crippen LogP contribution in [0.25, 0.3) is 11.4 Å². The van der Waals surface area contributed by atoms with Gasteiger partial charge in [0, 0.05) is 12.1 Å². The van der Waals surface area contributed by atoms with Crippen LogP contribution in [-0.2, 0) is 11.3 Å². The van der Waals surface area contributed by atoms with Crippen molar-refractivity contribution in [3.05, 3.63) is 72.0 Å². The van der Waals surface area contributed by atoms with Crippen molar-refractivity contribution >= 4 is 35.0 Å². The molecule has 1 unspecified atom stereocenters. The Morgan fingerprint density at radius 1 is 1.32 bits per heavy atom. The van der Waals surface area contributed by atoms with E-state index < -0.39 is 11.1 Å². The first-order chi connectivity index (χ1) is 13.5. The van der Waals surface area contributed by atoms with Crippen LogP contribution in [0.2, 0.25) is 5.02 Å². The van der Waals surface area contributed by atoms with E-state index in [4.69, 9.17) is 11.6 Å². The third kappa shape index (κ3) is 4.61. The van der Waals surface area contributed by atoms with Gasteiger partial charge in [-0.2, -0.15) is 0 Å². The molecule has 1 atom stereocenters. The highest BCUT2D eigenvalue weighted by molar-refractivity contribution is 8.00. The SMILES string of the molecule is C=CCn1c(SC(C)C(=O)Nc2ccc(F)cc2Cl)nnc1-c1ccccc1. The zero-order valence-corrected chi connectivity index (χ0v) is 16.7. The average molecular weight is 417 g/mol. The van der Waals surface area contributed by atoms with E-state index in [0.29, 0.717) is 23.2 Å². The molecule has 0 saturated carbocycles. The number of amides is 1. The van der Waals surface area contributed by atoms with Gasteiger partial charge in [0.1, 0.15) is 5.82 Å². The standard InChI is InChI=1S/C20H18ClFN4OS/c1-3-11-26-18(14-7-5-4-6-8-14)24-25-20(26)28-13(2)19(27)23-17-10-9-15(22)12-16(17)21/h3-10,12-13H,1,11H2,2H3,(H,23,27). The highest BCUT2D eigenvalue weighted by Gasteiger charge is 2.21. The second kappa shape index (κ2) is 9.03. The molecule has 8 heteroatoms. The van der Waals surface area contributed by atoms with E-state index in [-0.39, 0.29) is 10.9 Å². The van der Waals surface area contributed by atoms with Gasteiger partial charge in [0.15, 0.2) is 11.0 Å². The fourth-order valence-electron chi connectivity index (χ4n) is 2.51. The van der Waals surface area contributed by atoms with Crippen LogP contribution in [0.15, 0.2) is 66.3 Å². The number of carbonyl (C=O) groups is 1. The van der Waals surface area contributed by atoms with Crippen molar-refractivity contribution in [2.75, 3.05) is 5.32 Å². The Bertz CT molecular complexity index is 993. The highest BCUT2D eigenvalue weighted by atomic mass is 35.5. The molecular weight excluding hydrogens is 399 g/mol. The van der Waals surface area contributed by atoms with Crippen LogP contribution in [0, 0.1) is 5.82 Å². The molecule has 1 heterocycles. The minimum Gasteiger partial charge on any atom is -0.324 e. The number of benzene rings is 2. The van der Waals surface area contributed by atoms with Crippen molar-refractivity contribution in [2.45, 2.75) is 23.9 Å². The second-order valence-corrected chi connectivity index (χ2v) is 7.66. The summed E-state index contributed by atoms with van der Waals surface area (Å²) < 4.78 is 15.1. The van der Waals surface area contributed by atoms with Crippen LogP contribution < -0.4 is 5.32 Å². The van der Waals surface area contributed by atoms with E-state index >= 15 is 0 Å². The fraction of sp³-hybridized carbons (Fsp3) is 0.150. The second-order valence-electron chi connectivity index (χ2n) is 5.94. The molecule has 0 aliphatic rings. The predicted molar refractivity (Wildman–Crippen MR) is 111 cm³/mol. The Balaban J connectivity index is 1.78. The van der Waals surface area contributed by atoms with Crippen molar-refractivity contribution in [1.29, 1.82) is 0 Å². The lowest BCUT2D eigenvalue weighted by Gasteiger charge is -2.13. The van der Waals surface area contributed by atoms with Crippen molar-refractivity contribution < 1.29 is 9.18 Å². The molecule has 0 radical (unpaired) electrons.